The van der Waals surface area contributed by atoms with Crippen molar-refractivity contribution in [1.29, 1.82) is 0 Å². The number of phenols is 2. The SMILES string of the molecule is CCCCCCCCCc1cc(Cc2ccc(O)c(CCCCCCCCC)c2)ccc1O. The van der Waals surface area contributed by atoms with Gasteiger partial charge in [-0.05, 0) is 66.5 Å². The number of aromatic hydroxyl groups is 2. The molecular formula is C31H48O2. The maximum atomic E-state index is 10.3. The van der Waals surface area contributed by atoms with Gasteiger partial charge in [-0.3, -0.25) is 0 Å². The first-order valence-electron chi connectivity index (χ1n) is 13.8. The minimum atomic E-state index is 0.426. The van der Waals surface area contributed by atoms with Crippen LogP contribution in [0, 0.1) is 0 Å². The predicted octanol–water partition coefficient (Wildman–Crippen LogP) is 9.27. The molecule has 0 saturated carbocycles. The van der Waals surface area contributed by atoms with Crippen molar-refractivity contribution >= 4 is 0 Å². The Morgan fingerprint density at radius 2 is 0.848 bits per heavy atom. The molecule has 2 nitrogen and oxygen atoms in total. The van der Waals surface area contributed by atoms with E-state index in [0.29, 0.717) is 11.5 Å². The number of phenolic OH excluding ortho intramolecular Hbond substituents is 2. The predicted molar refractivity (Wildman–Crippen MR) is 142 cm³/mol. The van der Waals surface area contributed by atoms with Crippen LogP contribution in [-0.4, -0.2) is 10.2 Å². The first-order valence-corrected chi connectivity index (χ1v) is 13.8. The van der Waals surface area contributed by atoms with Crippen molar-refractivity contribution in [3.8, 4) is 11.5 Å². The number of benzene rings is 2. The van der Waals surface area contributed by atoms with Gasteiger partial charge in [0.05, 0.1) is 0 Å². The Kier molecular flexibility index (Phi) is 13.7. The van der Waals surface area contributed by atoms with Gasteiger partial charge in [0.1, 0.15) is 11.5 Å². The zero-order chi connectivity index (χ0) is 23.7. The van der Waals surface area contributed by atoms with Gasteiger partial charge in [0.25, 0.3) is 0 Å². The van der Waals surface area contributed by atoms with Crippen molar-refractivity contribution < 1.29 is 10.2 Å². The van der Waals surface area contributed by atoms with E-state index in [1.54, 1.807) is 0 Å². The molecule has 184 valence electrons. The number of unbranched alkanes of at least 4 members (excludes halogenated alkanes) is 12. The molecule has 0 aliphatic carbocycles. The van der Waals surface area contributed by atoms with Crippen LogP contribution in [-0.2, 0) is 19.3 Å². The minimum Gasteiger partial charge on any atom is -0.508 e. The van der Waals surface area contributed by atoms with Crippen LogP contribution in [0.25, 0.3) is 0 Å². The summed E-state index contributed by atoms with van der Waals surface area (Å²) in [4.78, 5) is 0. The third-order valence-corrected chi connectivity index (χ3v) is 6.80. The molecule has 0 atom stereocenters. The van der Waals surface area contributed by atoms with E-state index >= 15 is 0 Å². The Balaban J connectivity index is 1.83. The highest BCUT2D eigenvalue weighted by molar-refractivity contribution is 5.41. The van der Waals surface area contributed by atoms with Crippen molar-refractivity contribution in [3.63, 3.8) is 0 Å². The molecule has 2 rings (SSSR count). The van der Waals surface area contributed by atoms with Crippen LogP contribution in [0.3, 0.4) is 0 Å². The summed E-state index contributed by atoms with van der Waals surface area (Å²) in [6.07, 6.45) is 20.8. The average Bonchev–Trinajstić information content (AvgIpc) is 2.81. The lowest BCUT2D eigenvalue weighted by molar-refractivity contribution is 0.465. The van der Waals surface area contributed by atoms with E-state index in [4.69, 9.17) is 0 Å². The monoisotopic (exact) mass is 452 g/mol. The number of hydrogen-bond acceptors (Lipinski definition) is 2. The summed E-state index contributed by atoms with van der Waals surface area (Å²) in [7, 11) is 0. The van der Waals surface area contributed by atoms with Crippen molar-refractivity contribution in [2.45, 2.75) is 123 Å². The summed E-state index contributed by atoms with van der Waals surface area (Å²) in [5.41, 5.74) is 4.61. The third kappa shape index (κ3) is 11.1. The van der Waals surface area contributed by atoms with E-state index in [1.165, 1.54) is 88.2 Å². The molecule has 2 N–H and O–H groups in total. The topological polar surface area (TPSA) is 40.5 Å². The summed E-state index contributed by atoms with van der Waals surface area (Å²) < 4.78 is 0. The highest BCUT2D eigenvalue weighted by Gasteiger charge is 2.07. The Morgan fingerprint density at radius 3 is 1.24 bits per heavy atom. The van der Waals surface area contributed by atoms with E-state index in [9.17, 15) is 10.2 Å². The molecule has 2 aromatic rings. The van der Waals surface area contributed by atoms with Crippen LogP contribution in [0.2, 0.25) is 0 Å². The van der Waals surface area contributed by atoms with Crippen LogP contribution in [0.4, 0.5) is 0 Å². The van der Waals surface area contributed by atoms with Gasteiger partial charge in [0.15, 0.2) is 0 Å². The molecule has 0 amide bonds. The van der Waals surface area contributed by atoms with E-state index in [2.05, 4.69) is 26.0 Å². The lowest BCUT2D eigenvalue weighted by Gasteiger charge is -2.11. The van der Waals surface area contributed by atoms with Gasteiger partial charge in [-0.1, -0.05) is 115 Å². The second kappa shape index (κ2) is 16.6. The Morgan fingerprint density at radius 1 is 0.485 bits per heavy atom. The van der Waals surface area contributed by atoms with Gasteiger partial charge in [-0.25, -0.2) is 0 Å². The first-order chi connectivity index (χ1) is 16.1. The zero-order valence-corrected chi connectivity index (χ0v) is 21.4. The molecule has 0 unspecified atom stereocenters. The van der Waals surface area contributed by atoms with Crippen LogP contribution in [0.15, 0.2) is 36.4 Å². The van der Waals surface area contributed by atoms with Crippen LogP contribution >= 0.6 is 0 Å². The van der Waals surface area contributed by atoms with E-state index in [1.807, 2.05) is 24.3 Å². The molecule has 0 heterocycles. The Bertz CT molecular complexity index is 715. The number of rotatable bonds is 18. The van der Waals surface area contributed by atoms with Gasteiger partial charge in [-0.15, -0.1) is 0 Å². The number of hydrogen-bond donors (Lipinski definition) is 2. The molecule has 33 heavy (non-hydrogen) atoms. The van der Waals surface area contributed by atoms with Gasteiger partial charge >= 0.3 is 0 Å². The Hall–Kier alpha value is -1.96. The standard InChI is InChI=1S/C31H48O2/c1-3-5-7-9-11-13-15-17-28-24-26(19-21-30(28)32)23-27-20-22-31(33)29(25-27)18-16-14-12-10-8-6-4-2/h19-22,24-25,32-33H,3-18,23H2,1-2H3. The number of aryl methyl sites for hydroxylation is 2. The smallest absolute Gasteiger partial charge is 0.118 e. The summed E-state index contributed by atoms with van der Waals surface area (Å²) in [6, 6.07) is 12.1. The van der Waals surface area contributed by atoms with Crippen LogP contribution in [0.5, 0.6) is 11.5 Å². The molecule has 0 saturated heterocycles. The molecule has 0 aliphatic rings. The molecule has 2 aromatic carbocycles. The zero-order valence-electron chi connectivity index (χ0n) is 21.4. The second-order valence-corrected chi connectivity index (χ2v) is 9.85. The highest BCUT2D eigenvalue weighted by atomic mass is 16.3. The Labute approximate surface area is 203 Å². The average molecular weight is 453 g/mol. The fourth-order valence-corrected chi connectivity index (χ4v) is 4.68. The summed E-state index contributed by atoms with van der Waals surface area (Å²) in [6.45, 7) is 4.51. The first kappa shape index (κ1) is 27.3. The fraction of sp³-hybridized carbons (Fsp3) is 0.613. The van der Waals surface area contributed by atoms with E-state index in [0.717, 1.165) is 43.2 Å². The molecule has 2 heteroatoms. The normalized spacial score (nSPS) is 11.2. The summed E-state index contributed by atoms with van der Waals surface area (Å²) in [5.74, 6) is 0.852. The van der Waals surface area contributed by atoms with Crippen LogP contribution < -0.4 is 0 Å². The molecule has 0 aromatic heterocycles. The van der Waals surface area contributed by atoms with Crippen molar-refractivity contribution in [3.05, 3.63) is 58.7 Å². The molecular weight excluding hydrogens is 404 g/mol. The van der Waals surface area contributed by atoms with E-state index < -0.39 is 0 Å². The van der Waals surface area contributed by atoms with Gasteiger partial charge in [-0.2, -0.15) is 0 Å². The highest BCUT2D eigenvalue weighted by Crippen LogP contribution is 2.26. The molecule has 0 radical (unpaired) electrons. The maximum Gasteiger partial charge on any atom is 0.118 e. The largest absolute Gasteiger partial charge is 0.508 e. The molecule has 0 spiro atoms. The second-order valence-electron chi connectivity index (χ2n) is 9.85. The fourth-order valence-electron chi connectivity index (χ4n) is 4.68. The van der Waals surface area contributed by atoms with Gasteiger partial charge in [0.2, 0.25) is 0 Å². The minimum absolute atomic E-state index is 0.426. The van der Waals surface area contributed by atoms with Crippen LogP contribution in [0.1, 0.15) is 126 Å². The van der Waals surface area contributed by atoms with Gasteiger partial charge in [0, 0.05) is 0 Å². The van der Waals surface area contributed by atoms with Crippen molar-refractivity contribution in [2.75, 3.05) is 0 Å². The lowest BCUT2D eigenvalue weighted by atomic mass is 9.96. The molecule has 0 bridgehead atoms. The lowest BCUT2D eigenvalue weighted by Crippen LogP contribution is -1.95. The molecule has 0 aliphatic heterocycles. The van der Waals surface area contributed by atoms with Crippen molar-refractivity contribution in [2.24, 2.45) is 0 Å². The maximum absolute atomic E-state index is 10.3. The molecule has 0 fully saturated rings. The quantitative estimate of drug-likeness (QED) is 0.221. The van der Waals surface area contributed by atoms with E-state index in [-0.39, 0.29) is 0 Å². The van der Waals surface area contributed by atoms with Crippen molar-refractivity contribution in [1.82, 2.24) is 0 Å². The summed E-state index contributed by atoms with van der Waals surface area (Å²) >= 11 is 0. The third-order valence-electron chi connectivity index (χ3n) is 6.80. The van der Waals surface area contributed by atoms with Gasteiger partial charge < -0.3 is 10.2 Å². The summed E-state index contributed by atoms with van der Waals surface area (Å²) in [5, 5.41) is 20.6.